The van der Waals surface area contributed by atoms with Gasteiger partial charge in [0.15, 0.2) is 5.82 Å². The molecule has 0 aromatic carbocycles. The van der Waals surface area contributed by atoms with Crippen molar-refractivity contribution < 1.29 is 0 Å². The van der Waals surface area contributed by atoms with Crippen molar-refractivity contribution in [2.24, 2.45) is 0 Å². The fourth-order valence-electron chi connectivity index (χ4n) is 4.67. The molecule has 0 saturated heterocycles. The summed E-state index contributed by atoms with van der Waals surface area (Å²) in [6.07, 6.45) is 22.9. The summed E-state index contributed by atoms with van der Waals surface area (Å²) in [5.41, 5.74) is 6.44. The summed E-state index contributed by atoms with van der Waals surface area (Å²) < 4.78 is 0. The molecule has 8 rings (SSSR count). The van der Waals surface area contributed by atoms with Crippen LogP contribution in [-0.4, -0.2) is 112 Å². The zero-order valence-corrected chi connectivity index (χ0v) is 46.7. The second kappa shape index (κ2) is 36.2. The number of rotatable bonds is 6. The summed E-state index contributed by atoms with van der Waals surface area (Å²) in [5, 5.41) is 59.2. The number of aromatic nitrogens is 22. The van der Waals surface area contributed by atoms with E-state index in [1.807, 2.05) is 38.1 Å². The van der Waals surface area contributed by atoms with E-state index in [2.05, 4.69) is 222 Å². The maximum Gasteiger partial charge on any atom is 0.153 e. The molecular formula is C52H78N22. The van der Waals surface area contributed by atoms with Gasteiger partial charge in [-0.2, -0.15) is 35.7 Å². The SMILES string of the molecule is CC(C)(C)c1ccnnn1.CC(C)(C)c1ncncn1.CC(C)c1cccnn1.CC(C)c1ccnnc1.CC(C)c1cncnn1.CC(C)c1cnncn1.CC(C)c1cnnnc1.CC(C)c1nccnn1. The van der Waals surface area contributed by atoms with Crippen molar-refractivity contribution in [1.29, 1.82) is 0 Å². The van der Waals surface area contributed by atoms with Gasteiger partial charge < -0.3 is 0 Å². The van der Waals surface area contributed by atoms with Gasteiger partial charge in [-0.05, 0) is 75.4 Å². The normalized spacial score (nSPS) is 10.5. The third kappa shape index (κ3) is 30.2. The highest BCUT2D eigenvalue weighted by Gasteiger charge is 2.16. The molecule has 8 heterocycles. The van der Waals surface area contributed by atoms with E-state index < -0.39 is 0 Å². The molecule has 0 N–H and O–H groups in total. The van der Waals surface area contributed by atoms with Crippen LogP contribution in [0.5, 0.6) is 0 Å². The van der Waals surface area contributed by atoms with Crippen LogP contribution in [0.15, 0.2) is 112 Å². The van der Waals surface area contributed by atoms with Gasteiger partial charge in [0.05, 0.1) is 66.2 Å². The second-order valence-electron chi connectivity index (χ2n) is 19.9. The van der Waals surface area contributed by atoms with Crippen LogP contribution in [0.1, 0.15) is 206 Å². The van der Waals surface area contributed by atoms with Crippen LogP contribution < -0.4 is 0 Å². The summed E-state index contributed by atoms with van der Waals surface area (Å²) in [6, 6.07) is 7.75. The van der Waals surface area contributed by atoms with Gasteiger partial charge in [0.25, 0.3) is 0 Å². The molecule has 0 bridgehead atoms. The van der Waals surface area contributed by atoms with Crippen molar-refractivity contribution in [2.75, 3.05) is 0 Å². The molecule has 0 aliphatic heterocycles. The largest absolute Gasteiger partial charge is 0.241 e. The van der Waals surface area contributed by atoms with E-state index in [1.165, 1.54) is 30.9 Å². The molecule has 74 heavy (non-hydrogen) atoms. The minimum atomic E-state index is 0.0307. The Morgan fingerprint density at radius 2 is 0.932 bits per heavy atom. The minimum Gasteiger partial charge on any atom is -0.241 e. The Morgan fingerprint density at radius 3 is 1.26 bits per heavy atom. The van der Waals surface area contributed by atoms with Crippen LogP contribution in [0.3, 0.4) is 0 Å². The molecule has 0 amide bonds. The maximum atomic E-state index is 4.03. The molecular weight excluding hydrogens is 933 g/mol. The van der Waals surface area contributed by atoms with Gasteiger partial charge in [0, 0.05) is 35.3 Å². The first-order valence-electron chi connectivity index (χ1n) is 24.4. The standard InChI is InChI=1S/2C7H11N3.2C7H10N2.4C6H9N3/c1-7(2,3)6-9-4-8-5-10-6;1-7(2,3)6-4-5-8-10-9-6;1-6(2)7-3-4-8-9-5-7;1-6(2)7-4-3-5-8-9-7;1-5(2)6-3-8-9-4-7-6;1-5(2)6-3-7-4-8-9-6;1-5(2)6-3-7-9-8-4-6;1-5(2)6-7-3-4-8-9-6/h2*4-5H,1-3H3;2*3-6H,1-2H3;4*3-5H,1-2H3. The van der Waals surface area contributed by atoms with Gasteiger partial charge >= 0.3 is 0 Å². The zero-order chi connectivity index (χ0) is 55.4. The monoisotopic (exact) mass is 1010 g/mol. The van der Waals surface area contributed by atoms with Crippen LogP contribution in [0, 0.1) is 0 Å². The quantitative estimate of drug-likeness (QED) is 0.150. The number of hydrogen-bond donors (Lipinski definition) is 0. The smallest absolute Gasteiger partial charge is 0.153 e. The molecule has 396 valence electrons. The van der Waals surface area contributed by atoms with Crippen LogP contribution in [-0.2, 0) is 10.8 Å². The predicted octanol–water partition coefficient (Wildman–Crippen LogP) is 9.52. The van der Waals surface area contributed by atoms with Gasteiger partial charge in [-0.25, -0.2) is 29.9 Å². The van der Waals surface area contributed by atoms with Gasteiger partial charge in [0.1, 0.15) is 31.1 Å². The van der Waals surface area contributed by atoms with Crippen LogP contribution in [0.25, 0.3) is 0 Å². The number of hydrogen-bond acceptors (Lipinski definition) is 22. The van der Waals surface area contributed by atoms with Crippen molar-refractivity contribution in [3.8, 4) is 0 Å². The van der Waals surface area contributed by atoms with Crippen molar-refractivity contribution in [1.82, 2.24) is 112 Å². The molecule has 0 saturated carbocycles. The van der Waals surface area contributed by atoms with E-state index in [0.29, 0.717) is 35.5 Å². The van der Waals surface area contributed by atoms with Crippen LogP contribution >= 0.6 is 0 Å². The molecule has 0 radical (unpaired) electrons. The lowest BCUT2D eigenvalue weighted by Crippen LogP contribution is -2.15. The first-order chi connectivity index (χ1) is 35.0. The summed E-state index contributed by atoms with van der Waals surface area (Å²) in [7, 11) is 0. The minimum absolute atomic E-state index is 0.0307. The molecule has 0 aliphatic carbocycles. The maximum absolute atomic E-state index is 4.03. The summed E-state index contributed by atoms with van der Waals surface area (Å²) in [6.45, 7) is 37.5. The van der Waals surface area contributed by atoms with E-state index in [9.17, 15) is 0 Å². The molecule has 0 atom stereocenters. The predicted molar refractivity (Wildman–Crippen MR) is 285 cm³/mol. The Hall–Kier alpha value is -7.78. The van der Waals surface area contributed by atoms with Crippen molar-refractivity contribution in [3.05, 3.63) is 157 Å². The van der Waals surface area contributed by atoms with Crippen LogP contribution in [0.2, 0.25) is 0 Å². The zero-order valence-electron chi connectivity index (χ0n) is 46.7. The molecule has 0 spiro atoms. The highest BCUT2D eigenvalue weighted by Crippen LogP contribution is 2.18. The summed E-state index contributed by atoms with van der Waals surface area (Å²) in [5.74, 6) is 4.41. The molecule has 8 aromatic rings. The average Bonchev–Trinajstić information content (AvgIpc) is 3.41. The van der Waals surface area contributed by atoms with E-state index in [-0.39, 0.29) is 10.8 Å². The Kier molecular flexibility index (Phi) is 31.4. The highest BCUT2D eigenvalue weighted by atomic mass is 15.3. The molecule has 8 aromatic heterocycles. The fraction of sp³-hybridized carbons (Fsp3) is 0.500. The fourth-order valence-corrected chi connectivity index (χ4v) is 4.67. The van der Waals surface area contributed by atoms with Gasteiger partial charge in [0.2, 0.25) is 0 Å². The van der Waals surface area contributed by atoms with Gasteiger partial charge in [-0.15, -0.1) is 35.7 Å². The molecule has 22 nitrogen and oxygen atoms in total. The lowest BCUT2D eigenvalue weighted by molar-refractivity contribution is 0.541. The van der Waals surface area contributed by atoms with E-state index >= 15 is 0 Å². The van der Waals surface area contributed by atoms with E-state index in [1.54, 1.807) is 62.0 Å². The lowest BCUT2D eigenvalue weighted by Gasteiger charge is -2.14. The van der Waals surface area contributed by atoms with Crippen molar-refractivity contribution in [3.63, 3.8) is 0 Å². The Bertz CT molecular complexity index is 2120. The Balaban J connectivity index is 0.000000423. The van der Waals surface area contributed by atoms with Gasteiger partial charge in [-0.3, -0.25) is 0 Å². The van der Waals surface area contributed by atoms with Crippen molar-refractivity contribution in [2.45, 2.75) is 171 Å². The molecule has 0 aliphatic rings. The van der Waals surface area contributed by atoms with Crippen molar-refractivity contribution >= 4 is 0 Å². The third-order valence-corrected chi connectivity index (χ3v) is 9.29. The third-order valence-electron chi connectivity index (χ3n) is 9.29. The first-order valence-corrected chi connectivity index (χ1v) is 24.4. The molecule has 22 heteroatoms. The molecule has 0 fully saturated rings. The van der Waals surface area contributed by atoms with Crippen LogP contribution in [0.4, 0.5) is 0 Å². The van der Waals surface area contributed by atoms with E-state index in [0.717, 1.165) is 40.0 Å². The topological polar surface area (TPSA) is 284 Å². The summed E-state index contributed by atoms with van der Waals surface area (Å²) >= 11 is 0. The number of nitrogens with zero attached hydrogens (tertiary/aromatic N) is 22. The molecule has 0 unspecified atom stereocenters. The second-order valence-corrected chi connectivity index (χ2v) is 19.9. The highest BCUT2D eigenvalue weighted by molar-refractivity contribution is 5.10. The average molecular weight is 1010 g/mol. The Morgan fingerprint density at radius 1 is 0.338 bits per heavy atom. The van der Waals surface area contributed by atoms with E-state index in [4.69, 9.17) is 0 Å². The lowest BCUT2D eigenvalue weighted by atomic mass is 9.92. The Labute approximate surface area is 438 Å². The summed E-state index contributed by atoms with van der Waals surface area (Å²) in [4.78, 5) is 23.6. The van der Waals surface area contributed by atoms with Gasteiger partial charge in [-0.1, -0.05) is 125 Å². The first kappa shape index (κ1) is 64.2.